The van der Waals surface area contributed by atoms with Gasteiger partial charge in [0.2, 0.25) is 0 Å². The van der Waals surface area contributed by atoms with E-state index in [2.05, 4.69) is 0 Å². The average Bonchev–Trinajstić information content (AvgIpc) is 2.95. The maximum atomic E-state index is 11.4. The molecule has 4 heteroatoms. The first-order chi connectivity index (χ1) is 7.05. The van der Waals surface area contributed by atoms with E-state index in [1.165, 1.54) is 12.8 Å². The third kappa shape index (κ3) is 5.76. The second kappa shape index (κ2) is 6.09. The first-order valence-corrected chi connectivity index (χ1v) is 8.15. The highest BCUT2D eigenvalue weighted by molar-refractivity contribution is 7.91. The zero-order chi connectivity index (χ0) is 11.3. The monoisotopic (exact) mass is 252 g/mol. The minimum Gasteiger partial charge on any atom is -0.229 e. The van der Waals surface area contributed by atoms with Gasteiger partial charge in [0.15, 0.2) is 0 Å². The summed E-state index contributed by atoms with van der Waals surface area (Å²) in [7, 11) is -2.78. The summed E-state index contributed by atoms with van der Waals surface area (Å²) in [5, 5.41) is 0.291. The quantitative estimate of drug-likeness (QED) is 0.492. The molecule has 1 unspecified atom stereocenters. The van der Waals surface area contributed by atoms with E-state index in [0.717, 1.165) is 31.6 Å². The van der Waals surface area contributed by atoms with Gasteiger partial charge in [0.25, 0.3) is 0 Å². The zero-order valence-corrected chi connectivity index (χ0v) is 11.0. The smallest absolute Gasteiger partial charge is 0.150 e. The number of sulfone groups is 1. The molecule has 1 saturated carbocycles. The third-order valence-electron chi connectivity index (χ3n) is 2.83. The van der Waals surface area contributed by atoms with Gasteiger partial charge in [0.05, 0.1) is 5.75 Å². The summed E-state index contributed by atoms with van der Waals surface area (Å²) in [5.41, 5.74) is 0. The largest absolute Gasteiger partial charge is 0.229 e. The van der Waals surface area contributed by atoms with Crippen molar-refractivity contribution in [3.63, 3.8) is 0 Å². The zero-order valence-electron chi connectivity index (χ0n) is 9.41. The van der Waals surface area contributed by atoms with Crippen LogP contribution in [-0.4, -0.2) is 25.3 Å². The van der Waals surface area contributed by atoms with Gasteiger partial charge in [-0.2, -0.15) is 0 Å². The second-order valence-corrected chi connectivity index (χ2v) is 7.37. The molecule has 90 valence electrons. The van der Waals surface area contributed by atoms with Crippen LogP contribution in [0.4, 0.5) is 0 Å². The van der Waals surface area contributed by atoms with Crippen LogP contribution in [0.1, 0.15) is 45.4 Å². The molecule has 0 aromatic heterocycles. The van der Waals surface area contributed by atoms with Crippen LogP contribution in [0, 0.1) is 5.92 Å². The number of unbranched alkanes of at least 4 members (excludes halogenated alkanes) is 1. The fourth-order valence-corrected chi connectivity index (χ4v) is 3.64. The normalized spacial score (nSPS) is 19.1. The summed E-state index contributed by atoms with van der Waals surface area (Å²) >= 11 is 6.14. The molecule has 1 aliphatic rings. The van der Waals surface area contributed by atoms with E-state index < -0.39 is 9.84 Å². The Bertz CT molecular complexity index is 270. The van der Waals surface area contributed by atoms with Crippen molar-refractivity contribution in [3.8, 4) is 0 Å². The molecule has 1 atom stereocenters. The molecule has 0 bridgehead atoms. The van der Waals surface area contributed by atoms with Crippen molar-refractivity contribution in [2.45, 2.75) is 50.8 Å². The highest BCUT2D eigenvalue weighted by Gasteiger charge is 2.28. The molecule has 15 heavy (non-hydrogen) atoms. The lowest BCUT2D eigenvalue weighted by Crippen LogP contribution is -2.11. The predicted octanol–water partition coefficient (Wildman–Crippen LogP) is 3.00. The molecular weight excluding hydrogens is 232 g/mol. The summed E-state index contributed by atoms with van der Waals surface area (Å²) in [6.45, 7) is 1.90. The van der Waals surface area contributed by atoms with Crippen molar-refractivity contribution < 1.29 is 8.42 Å². The molecule has 2 nitrogen and oxygen atoms in total. The molecule has 0 saturated heterocycles. The van der Waals surface area contributed by atoms with Gasteiger partial charge in [-0.15, -0.1) is 11.6 Å². The van der Waals surface area contributed by atoms with Gasteiger partial charge in [-0.25, -0.2) is 8.42 Å². The molecular formula is C11H21ClO2S. The Morgan fingerprint density at radius 1 is 1.27 bits per heavy atom. The molecule has 0 amide bonds. The maximum Gasteiger partial charge on any atom is 0.150 e. The minimum atomic E-state index is -2.78. The van der Waals surface area contributed by atoms with Crippen LogP contribution in [0.2, 0.25) is 0 Å². The molecule has 0 heterocycles. The maximum absolute atomic E-state index is 11.4. The second-order valence-electron chi connectivity index (χ2n) is 4.50. The standard InChI is InChI=1S/C11H21ClO2S/c1-2-8-15(13,14)9-4-3-5-11(12)10-6-7-10/h10-11H,2-9H2,1H3. The Morgan fingerprint density at radius 3 is 2.47 bits per heavy atom. The van der Waals surface area contributed by atoms with Crippen molar-refractivity contribution >= 4 is 21.4 Å². The van der Waals surface area contributed by atoms with Crippen LogP contribution in [0.15, 0.2) is 0 Å². The third-order valence-corrected chi connectivity index (χ3v) is 5.35. The molecule has 1 fully saturated rings. The van der Waals surface area contributed by atoms with Crippen molar-refractivity contribution in [1.29, 1.82) is 0 Å². The Kier molecular flexibility index (Phi) is 5.41. The number of hydrogen-bond donors (Lipinski definition) is 0. The van der Waals surface area contributed by atoms with Crippen molar-refractivity contribution in [3.05, 3.63) is 0 Å². The van der Waals surface area contributed by atoms with Crippen LogP contribution >= 0.6 is 11.6 Å². The average molecular weight is 253 g/mol. The Hall–Kier alpha value is 0.240. The molecule has 1 rings (SSSR count). The van der Waals surface area contributed by atoms with Gasteiger partial charge in [-0.1, -0.05) is 13.3 Å². The van der Waals surface area contributed by atoms with Crippen LogP contribution in [0.5, 0.6) is 0 Å². The first-order valence-electron chi connectivity index (χ1n) is 5.89. The minimum absolute atomic E-state index is 0.291. The van der Waals surface area contributed by atoms with Gasteiger partial charge in [0.1, 0.15) is 9.84 Å². The highest BCUT2D eigenvalue weighted by atomic mass is 35.5. The first kappa shape index (κ1) is 13.3. The van der Waals surface area contributed by atoms with Gasteiger partial charge >= 0.3 is 0 Å². The Balaban J connectivity index is 2.05. The SMILES string of the molecule is CCCS(=O)(=O)CCCCC(Cl)C1CC1. The lowest BCUT2D eigenvalue weighted by molar-refractivity contribution is 0.583. The highest BCUT2D eigenvalue weighted by Crippen LogP contribution is 2.37. The summed E-state index contributed by atoms with van der Waals surface area (Å²) in [6.07, 6.45) is 5.97. The molecule has 0 aromatic rings. The Labute approximate surface area is 98.3 Å². The molecule has 0 radical (unpaired) electrons. The van der Waals surface area contributed by atoms with E-state index in [-0.39, 0.29) is 0 Å². The van der Waals surface area contributed by atoms with Crippen LogP contribution in [-0.2, 0) is 9.84 Å². The summed E-state index contributed by atoms with van der Waals surface area (Å²) in [4.78, 5) is 0. The van der Waals surface area contributed by atoms with Crippen LogP contribution in [0.25, 0.3) is 0 Å². The molecule has 0 aliphatic heterocycles. The number of hydrogen-bond acceptors (Lipinski definition) is 2. The van der Waals surface area contributed by atoms with Gasteiger partial charge in [-0.3, -0.25) is 0 Å². The number of rotatable bonds is 8. The van der Waals surface area contributed by atoms with E-state index in [4.69, 9.17) is 11.6 Å². The molecule has 0 aromatic carbocycles. The lowest BCUT2D eigenvalue weighted by atomic mass is 10.1. The van der Waals surface area contributed by atoms with Gasteiger partial charge < -0.3 is 0 Å². The molecule has 1 aliphatic carbocycles. The van der Waals surface area contributed by atoms with E-state index in [9.17, 15) is 8.42 Å². The van der Waals surface area contributed by atoms with E-state index in [0.29, 0.717) is 16.9 Å². The van der Waals surface area contributed by atoms with Gasteiger partial charge in [-0.05, 0) is 38.0 Å². The summed E-state index contributed by atoms with van der Waals surface area (Å²) in [5.74, 6) is 1.40. The van der Waals surface area contributed by atoms with E-state index in [1.54, 1.807) is 0 Å². The summed E-state index contributed by atoms with van der Waals surface area (Å²) < 4.78 is 22.8. The van der Waals surface area contributed by atoms with Gasteiger partial charge in [0, 0.05) is 11.1 Å². The topological polar surface area (TPSA) is 34.1 Å². The predicted molar refractivity (Wildman–Crippen MR) is 65.2 cm³/mol. The van der Waals surface area contributed by atoms with E-state index >= 15 is 0 Å². The van der Waals surface area contributed by atoms with E-state index in [1.807, 2.05) is 6.92 Å². The molecule has 0 N–H and O–H groups in total. The lowest BCUT2D eigenvalue weighted by Gasteiger charge is -2.07. The number of alkyl halides is 1. The van der Waals surface area contributed by atoms with Crippen LogP contribution < -0.4 is 0 Å². The van der Waals surface area contributed by atoms with Crippen molar-refractivity contribution in [1.82, 2.24) is 0 Å². The molecule has 0 spiro atoms. The Morgan fingerprint density at radius 2 is 1.93 bits per heavy atom. The fourth-order valence-electron chi connectivity index (χ4n) is 1.77. The summed E-state index contributed by atoms with van der Waals surface area (Å²) in [6, 6.07) is 0. The number of halogens is 1. The van der Waals surface area contributed by atoms with Crippen molar-refractivity contribution in [2.75, 3.05) is 11.5 Å². The van der Waals surface area contributed by atoms with Crippen molar-refractivity contribution in [2.24, 2.45) is 5.92 Å². The van der Waals surface area contributed by atoms with Crippen LogP contribution in [0.3, 0.4) is 0 Å². The fraction of sp³-hybridized carbons (Fsp3) is 1.00.